The SMILES string of the molecule is CC1(CN2C(=O)c3ccccc3C2=O)CN(c2ccccc2)CCN1c1ccccc1. The van der Waals surface area contributed by atoms with Gasteiger partial charge in [0.15, 0.2) is 0 Å². The smallest absolute Gasteiger partial charge is 0.261 e. The number of rotatable bonds is 4. The lowest BCUT2D eigenvalue weighted by Gasteiger charge is -2.52. The molecule has 3 aromatic rings. The highest BCUT2D eigenvalue weighted by Crippen LogP contribution is 2.33. The molecule has 0 bridgehead atoms. The molecule has 31 heavy (non-hydrogen) atoms. The maximum atomic E-state index is 13.1. The molecule has 1 atom stereocenters. The largest absolute Gasteiger partial charge is 0.367 e. The Bertz CT molecular complexity index is 1080. The summed E-state index contributed by atoms with van der Waals surface area (Å²) < 4.78 is 0. The predicted molar refractivity (Wildman–Crippen MR) is 123 cm³/mol. The van der Waals surface area contributed by atoms with Gasteiger partial charge in [-0.3, -0.25) is 14.5 Å². The number of para-hydroxylation sites is 2. The van der Waals surface area contributed by atoms with Crippen LogP contribution in [0.2, 0.25) is 0 Å². The molecule has 3 aromatic carbocycles. The number of anilines is 2. The molecule has 156 valence electrons. The van der Waals surface area contributed by atoms with Crippen molar-refractivity contribution in [1.29, 1.82) is 0 Å². The van der Waals surface area contributed by atoms with Crippen molar-refractivity contribution in [2.75, 3.05) is 36.0 Å². The van der Waals surface area contributed by atoms with Gasteiger partial charge >= 0.3 is 0 Å². The first kappa shape index (κ1) is 19.4. The number of benzene rings is 3. The fourth-order valence-corrected chi connectivity index (χ4v) is 4.83. The molecule has 2 heterocycles. The molecule has 2 aliphatic heterocycles. The van der Waals surface area contributed by atoms with Crippen LogP contribution in [-0.4, -0.2) is 48.4 Å². The molecule has 1 unspecified atom stereocenters. The Morgan fingerprint density at radius 2 is 1.23 bits per heavy atom. The van der Waals surface area contributed by atoms with E-state index in [2.05, 4.69) is 41.0 Å². The molecule has 2 amide bonds. The van der Waals surface area contributed by atoms with Crippen LogP contribution in [0.25, 0.3) is 0 Å². The minimum atomic E-state index is -0.442. The first-order valence-electron chi connectivity index (χ1n) is 10.6. The molecule has 1 fully saturated rings. The van der Waals surface area contributed by atoms with Gasteiger partial charge in [-0.2, -0.15) is 0 Å². The van der Waals surface area contributed by atoms with Crippen LogP contribution in [0.4, 0.5) is 11.4 Å². The molecule has 5 heteroatoms. The van der Waals surface area contributed by atoms with E-state index in [9.17, 15) is 9.59 Å². The van der Waals surface area contributed by atoms with Gasteiger partial charge in [-0.05, 0) is 43.3 Å². The van der Waals surface area contributed by atoms with Gasteiger partial charge < -0.3 is 9.80 Å². The number of fused-ring (bicyclic) bond motifs is 1. The molecule has 5 rings (SSSR count). The lowest BCUT2D eigenvalue weighted by molar-refractivity contribution is 0.0616. The quantitative estimate of drug-likeness (QED) is 0.607. The van der Waals surface area contributed by atoms with E-state index in [1.165, 1.54) is 4.90 Å². The van der Waals surface area contributed by atoms with Gasteiger partial charge in [0.1, 0.15) is 0 Å². The topological polar surface area (TPSA) is 43.9 Å². The summed E-state index contributed by atoms with van der Waals surface area (Å²) in [7, 11) is 0. The molecule has 0 aliphatic carbocycles. The predicted octanol–water partition coefficient (Wildman–Crippen LogP) is 4.07. The number of carbonyl (C=O) groups is 2. The van der Waals surface area contributed by atoms with E-state index in [4.69, 9.17) is 0 Å². The molecule has 0 N–H and O–H groups in total. The van der Waals surface area contributed by atoms with Crippen molar-refractivity contribution in [3.8, 4) is 0 Å². The number of carbonyl (C=O) groups excluding carboxylic acids is 2. The normalized spacial score (nSPS) is 20.9. The van der Waals surface area contributed by atoms with Gasteiger partial charge in [0, 0.05) is 31.0 Å². The van der Waals surface area contributed by atoms with E-state index >= 15 is 0 Å². The Morgan fingerprint density at radius 3 is 1.81 bits per heavy atom. The average Bonchev–Trinajstić information content (AvgIpc) is 3.05. The molecular formula is C26H25N3O2. The van der Waals surface area contributed by atoms with Crippen LogP contribution in [0.3, 0.4) is 0 Å². The highest BCUT2D eigenvalue weighted by Gasteiger charge is 2.45. The first-order valence-corrected chi connectivity index (χ1v) is 10.6. The van der Waals surface area contributed by atoms with Crippen molar-refractivity contribution in [2.45, 2.75) is 12.5 Å². The highest BCUT2D eigenvalue weighted by atomic mass is 16.2. The van der Waals surface area contributed by atoms with E-state index in [-0.39, 0.29) is 11.8 Å². The summed E-state index contributed by atoms with van der Waals surface area (Å²) in [6, 6.07) is 27.7. The van der Waals surface area contributed by atoms with Crippen molar-refractivity contribution in [2.24, 2.45) is 0 Å². The summed E-state index contributed by atoms with van der Waals surface area (Å²) in [6.45, 7) is 4.87. The molecule has 0 saturated carbocycles. The molecule has 0 radical (unpaired) electrons. The average molecular weight is 412 g/mol. The van der Waals surface area contributed by atoms with Gasteiger partial charge in [0.25, 0.3) is 11.8 Å². The number of nitrogens with zero attached hydrogens (tertiary/aromatic N) is 3. The van der Waals surface area contributed by atoms with Crippen LogP contribution in [0, 0.1) is 0 Å². The minimum absolute atomic E-state index is 0.202. The van der Waals surface area contributed by atoms with Crippen LogP contribution in [0.5, 0.6) is 0 Å². The number of imide groups is 1. The van der Waals surface area contributed by atoms with Crippen LogP contribution >= 0.6 is 0 Å². The number of piperazine rings is 1. The van der Waals surface area contributed by atoms with Crippen LogP contribution in [0.15, 0.2) is 84.9 Å². The summed E-state index contributed by atoms with van der Waals surface area (Å²) in [6.07, 6.45) is 0. The van der Waals surface area contributed by atoms with Gasteiger partial charge in [-0.25, -0.2) is 0 Å². The van der Waals surface area contributed by atoms with Crippen molar-refractivity contribution >= 4 is 23.2 Å². The fourth-order valence-electron chi connectivity index (χ4n) is 4.83. The Hall–Kier alpha value is -3.60. The van der Waals surface area contributed by atoms with Crippen molar-refractivity contribution in [3.63, 3.8) is 0 Å². The standard InChI is InChI=1S/C26H25N3O2/c1-26(19-28-24(30)22-14-8-9-15-23(22)25(28)31)18-27(20-10-4-2-5-11-20)16-17-29(26)21-12-6-3-7-13-21/h2-15H,16-19H2,1H3. The molecular weight excluding hydrogens is 386 g/mol. The van der Waals surface area contributed by atoms with E-state index in [1.54, 1.807) is 12.1 Å². The Balaban J connectivity index is 1.50. The van der Waals surface area contributed by atoms with E-state index < -0.39 is 5.54 Å². The van der Waals surface area contributed by atoms with E-state index in [0.29, 0.717) is 24.2 Å². The zero-order valence-electron chi connectivity index (χ0n) is 17.6. The third-order valence-corrected chi connectivity index (χ3v) is 6.34. The maximum absolute atomic E-state index is 13.1. The second kappa shape index (κ2) is 7.58. The Labute approximate surface area is 182 Å². The van der Waals surface area contributed by atoms with E-state index in [0.717, 1.165) is 24.5 Å². The Kier molecular flexibility index (Phi) is 4.74. The third kappa shape index (κ3) is 3.36. The van der Waals surface area contributed by atoms with Gasteiger partial charge in [0.05, 0.1) is 23.2 Å². The zero-order valence-corrected chi connectivity index (χ0v) is 17.6. The first-order chi connectivity index (χ1) is 15.1. The summed E-state index contributed by atoms with van der Waals surface area (Å²) >= 11 is 0. The van der Waals surface area contributed by atoms with Crippen molar-refractivity contribution in [3.05, 3.63) is 96.1 Å². The summed E-state index contributed by atoms with van der Waals surface area (Å²) in [5.41, 5.74) is 2.82. The molecule has 5 nitrogen and oxygen atoms in total. The Morgan fingerprint density at radius 1 is 0.710 bits per heavy atom. The fraction of sp³-hybridized carbons (Fsp3) is 0.231. The molecule has 0 aromatic heterocycles. The molecule has 1 saturated heterocycles. The van der Waals surface area contributed by atoms with Crippen LogP contribution in [0.1, 0.15) is 27.6 Å². The second-order valence-electron chi connectivity index (χ2n) is 8.48. The summed E-state index contributed by atoms with van der Waals surface area (Å²) in [5.74, 6) is -0.404. The van der Waals surface area contributed by atoms with Gasteiger partial charge in [-0.15, -0.1) is 0 Å². The summed E-state index contributed by atoms with van der Waals surface area (Å²) in [4.78, 5) is 32.3. The summed E-state index contributed by atoms with van der Waals surface area (Å²) in [5, 5.41) is 0. The maximum Gasteiger partial charge on any atom is 0.261 e. The number of amides is 2. The van der Waals surface area contributed by atoms with Crippen molar-refractivity contribution in [1.82, 2.24) is 4.90 Å². The monoisotopic (exact) mass is 411 g/mol. The van der Waals surface area contributed by atoms with E-state index in [1.807, 2.05) is 48.5 Å². The number of hydrogen-bond acceptors (Lipinski definition) is 4. The highest BCUT2D eigenvalue weighted by molar-refractivity contribution is 6.21. The number of hydrogen-bond donors (Lipinski definition) is 0. The van der Waals surface area contributed by atoms with Crippen LogP contribution < -0.4 is 9.80 Å². The van der Waals surface area contributed by atoms with Gasteiger partial charge in [0.2, 0.25) is 0 Å². The second-order valence-corrected chi connectivity index (χ2v) is 8.48. The molecule has 0 spiro atoms. The zero-order chi connectivity index (χ0) is 21.4. The van der Waals surface area contributed by atoms with Gasteiger partial charge in [-0.1, -0.05) is 48.5 Å². The minimum Gasteiger partial charge on any atom is -0.367 e. The lowest BCUT2D eigenvalue weighted by Crippen LogP contribution is -2.66. The van der Waals surface area contributed by atoms with Crippen LogP contribution in [-0.2, 0) is 0 Å². The lowest BCUT2D eigenvalue weighted by atomic mass is 9.93. The van der Waals surface area contributed by atoms with Crippen molar-refractivity contribution < 1.29 is 9.59 Å². The third-order valence-electron chi connectivity index (χ3n) is 6.34. The molecule has 2 aliphatic rings.